The van der Waals surface area contributed by atoms with Crippen LogP contribution >= 0.6 is 23.5 Å². The highest BCUT2D eigenvalue weighted by Gasteiger charge is 2.02. The SMILES string of the molecule is CSc1nnc(N)c(SC)n1. The van der Waals surface area contributed by atoms with Gasteiger partial charge in [-0.25, -0.2) is 4.98 Å². The summed E-state index contributed by atoms with van der Waals surface area (Å²) in [5, 5.41) is 8.91. The van der Waals surface area contributed by atoms with E-state index in [0.717, 1.165) is 5.03 Å². The average Bonchev–Trinajstić information content (AvgIpc) is 2.05. The first-order valence-electron chi connectivity index (χ1n) is 2.86. The first-order valence-corrected chi connectivity index (χ1v) is 5.31. The maximum absolute atomic E-state index is 5.49. The van der Waals surface area contributed by atoms with Crippen molar-refractivity contribution in [2.24, 2.45) is 0 Å². The van der Waals surface area contributed by atoms with Crippen molar-refractivity contribution < 1.29 is 0 Å². The van der Waals surface area contributed by atoms with E-state index in [4.69, 9.17) is 5.73 Å². The van der Waals surface area contributed by atoms with Crippen molar-refractivity contribution in [3.8, 4) is 0 Å². The van der Waals surface area contributed by atoms with Crippen molar-refractivity contribution in [3.63, 3.8) is 0 Å². The molecule has 0 aliphatic heterocycles. The molecule has 11 heavy (non-hydrogen) atoms. The number of hydrogen-bond acceptors (Lipinski definition) is 6. The highest BCUT2D eigenvalue weighted by atomic mass is 32.2. The van der Waals surface area contributed by atoms with Gasteiger partial charge in [-0.2, -0.15) is 0 Å². The number of nitrogens with zero attached hydrogens (tertiary/aromatic N) is 3. The molecular formula is C5H8N4S2. The average molecular weight is 188 g/mol. The summed E-state index contributed by atoms with van der Waals surface area (Å²) in [6.45, 7) is 0. The minimum absolute atomic E-state index is 0.398. The summed E-state index contributed by atoms with van der Waals surface area (Å²) in [6, 6.07) is 0. The Labute approximate surface area is 73.4 Å². The normalized spacial score (nSPS) is 10.0. The topological polar surface area (TPSA) is 64.7 Å². The Morgan fingerprint density at radius 2 is 1.91 bits per heavy atom. The molecule has 1 aromatic heterocycles. The van der Waals surface area contributed by atoms with Crippen molar-refractivity contribution in [1.82, 2.24) is 15.2 Å². The second kappa shape index (κ2) is 3.77. The molecule has 1 rings (SSSR count). The van der Waals surface area contributed by atoms with Crippen LogP contribution in [0.4, 0.5) is 5.82 Å². The zero-order valence-electron chi connectivity index (χ0n) is 6.24. The number of hydrogen-bond donors (Lipinski definition) is 1. The van der Waals surface area contributed by atoms with E-state index in [1.807, 2.05) is 12.5 Å². The number of aromatic nitrogens is 3. The summed E-state index contributed by atoms with van der Waals surface area (Å²) >= 11 is 2.93. The van der Waals surface area contributed by atoms with Gasteiger partial charge in [0.05, 0.1) is 0 Å². The molecule has 0 radical (unpaired) electrons. The van der Waals surface area contributed by atoms with Crippen LogP contribution in [0.25, 0.3) is 0 Å². The second-order valence-electron chi connectivity index (χ2n) is 1.69. The molecule has 0 bridgehead atoms. The third-order valence-corrected chi connectivity index (χ3v) is 2.26. The number of nitrogen functional groups attached to an aromatic ring is 1. The highest BCUT2D eigenvalue weighted by molar-refractivity contribution is 7.99. The number of thioether (sulfide) groups is 2. The first kappa shape index (κ1) is 8.61. The van der Waals surface area contributed by atoms with E-state index in [1.165, 1.54) is 23.5 Å². The molecule has 6 heteroatoms. The highest BCUT2D eigenvalue weighted by Crippen LogP contribution is 2.19. The van der Waals surface area contributed by atoms with Crippen molar-refractivity contribution in [1.29, 1.82) is 0 Å². The molecule has 0 saturated carbocycles. The Kier molecular flexibility index (Phi) is 2.95. The van der Waals surface area contributed by atoms with Gasteiger partial charge in [0, 0.05) is 0 Å². The Morgan fingerprint density at radius 3 is 2.45 bits per heavy atom. The van der Waals surface area contributed by atoms with Crippen LogP contribution in [0.2, 0.25) is 0 Å². The lowest BCUT2D eigenvalue weighted by Gasteiger charge is -1.99. The molecule has 0 saturated heterocycles. The Bertz CT molecular complexity index is 252. The lowest BCUT2D eigenvalue weighted by molar-refractivity contribution is 0.797. The van der Waals surface area contributed by atoms with Crippen molar-refractivity contribution in [2.75, 3.05) is 18.2 Å². The van der Waals surface area contributed by atoms with Crippen LogP contribution in [0.3, 0.4) is 0 Å². The van der Waals surface area contributed by atoms with Gasteiger partial charge in [0.25, 0.3) is 0 Å². The van der Waals surface area contributed by atoms with Crippen LogP contribution in [0, 0.1) is 0 Å². The second-order valence-corrected chi connectivity index (χ2v) is 3.26. The molecule has 0 fully saturated rings. The molecule has 2 N–H and O–H groups in total. The summed E-state index contributed by atoms with van der Waals surface area (Å²) in [4.78, 5) is 4.14. The molecule has 4 nitrogen and oxygen atoms in total. The van der Waals surface area contributed by atoms with E-state index in [0.29, 0.717) is 11.0 Å². The van der Waals surface area contributed by atoms with Crippen LogP contribution in [0.1, 0.15) is 0 Å². The van der Waals surface area contributed by atoms with Crippen molar-refractivity contribution in [2.45, 2.75) is 10.2 Å². The van der Waals surface area contributed by atoms with Gasteiger partial charge < -0.3 is 5.73 Å². The van der Waals surface area contributed by atoms with Gasteiger partial charge >= 0.3 is 0 Å². The summed E-state index contributed by atoms with van der Waals surface area (Å²) < 4.78 is 0. The molecule has 0 amide bonds. The first-order chi connectivity index (χ1) is 5.27. The van der Waals surface area contributed by atoms with E-state index < -0.39 is 0 Å². The van der Waals surface area contributed by atoms with Crippen molar-refractivity contribution >= 4 is 29.3 Å². The van der Waals surface area contributed by atoms with Gasteiger partial charge in [-0.1, -0.05) is 11.8 Å². The predicted octanol–water partition coefficient (Wildman–Crippen LogP) is 0.898. The molecule has 60 valence electrons. The fraction of sp³-hybridized carbons (Fsp3) is 0.400. The molecule has 1 aromatic rings. The van der Waals surface area contributed by atoms with E-state index in [9.17, 15) is 0 Å². The molecule has 0 aromatic carbocycles. The standard InChI is InChI=1S/C5H8N4S2/c1-10-4-3(6)8-9-5(7-4)11-2/h1-2H3,(H2,6,8). The van der Waals surface area contributed by atoms with Crippen LogP contribution in [0.15, 0.2) is 10.2 Å². The molecule has 0 atom stereocenters. The molecule has 0 spiro atoms. The third-order valence-electron chi connectivity index (χ3n) is 1.04. The van der Waals surface area contributed by atoms with Gasteiger partial charge in [-0.3, -0.25) is 0 Å². The predicted molar refractivity (Wildman–Crippen MR) is 47.8 cm³/mol. The molecule has 0 unspecified atom stereocenters. The zero-order chi connectivity index (χ0) is 8.27. The Balaban J connectivity index is 3.02. The van der Waals surface area contributed by atoms with E-state index in [2.05, 4.69) is 15.2 Å². The van der Waals surface area contributed by atoms with Gasteiger partial charge in [-0.05, 0) is 12.5 Å². The smallest absolute Gasteiger partial charge is 0.210 e. The van der Waals surface area contributed by atoms with E-state index >= 15 is 0 Å². The molecule has 0 aliphatic carbocycles. The van der Waals surface area contributed by atoms with Gasteiger partial charge in [-0.15, -0.1) is 22.0 Å². The minimum Gasteiger partial charge on any atom is -0.380 e. The van der Waals surface area contributed by atoms with Crippen LogP contribution in [-0.4, -0.2) is 27.7 Å². The van der Waals surface area contributed by atoms with Gasteiger partial charge in [0.2, 0.25) is 5.16 Å². The summed E-state index contributed by atoms with van der Waals surface area (Å²) in [6.07, 6.45) is 3.81. The number of nitrogens with two attached hydrogens (primary N) is 1. The quantitative estimate of drug-likeness (QED) is 0.696. The lowest BCUT2D eigenvalue weighted by Crippen LogP contribution is -1.99. The van der Waals surface area contributed by atoms with Crippen LogP contribution in [0.5, 0.6) is 0 Å². The Hall–Kier alpha value is -0.490. The number of rotatable bonds is 2. The Morgan fingerprint density at radius 1 is 1.18 bits per heavy atom. The molecule has 1 heterocycles. The maximum Gasteiger partial charge on any atom is 0.210 e. The summed E-state index contributed by atoms with van der Waals surface area (Å²) in [7, 11) is 0. The minimum atomic E-state index is 0.398. The van der Waals surface area contributed by atoms with Gasteiger partial charge in [0.15, 0.2) is 5.82 Å². The van der Waals surface area contributed by atoms with Crippen molar-refractivity contribution in [3.05, 3.63) is 0 Å². The monoisotopic (exact) mass is 188 g/mol. The largest absolute Gasteiger partial charge is 0.380 e. The fourth-order valence-electron chi connectivity index (χ4n) is 0.543. The third kappa shape index (κ3) is 1.97. The zero-order valence-corrected chi connectivity index (χ0v) is 7.87. The van der Waals surface area contributed by atoms with Crippen LogP contribution < -0.4 is 5.73 Å². The van der Waals surface area contributed by atoms with E-state index in [-0.39, 0.29) is 0 Å². The maximum atomic E-state index is 5.49. The fourth-order valence-corrected chi connectivity index (χ4v) is 1.33. The lowest BCUT2D eigenvalue weighted by atomic mass is 10.8. The molecular weight excluding hydrogens is 180 g/mol. The van der Waals surface area contributed by atoms with Gasteiger partial charge in [0.1, 0.15) is 5.03 Å². The van der Waals surface area contributed by atoms with Crippen LogP contribution in [-0.2, 0) is 0 Å². The summed E-state index contributed by atoms with van der Waals surface area (Å²) in [5.74, 6) is 0.398. The molecule has 0 aliphatic rings. The van der Waals surface area contributed by atoms with E-state index in [1.54, 1.807) is 0 Å². The number of anilines is 1. The summed E-state index contributed by atoms with van der Waals surface area (Å²) in [5.41, 5.74) is 5.49.